The molecule has 2 fully saturated rings. The Morgan fingerprint density at radius 1 is 0.938 bits per heavy atom. The molecule has 0 bridgehead atoms. The molecule has 4 heteroatoms. The fourth-order valence-corrected chi connectivity index (χ4v) is 3.41. The van der Waals surface area contributed by atoms with Crippen molar-refractivity contribution < 1.29 is 0 Å². The largest absolute Gasteiger partial charge is 0.327 e. The van der Waals surface area contributed by atoms with Gasteiger partial charge in [-0.05, 0) is 37.5 Å². The summed E-state index contributed by atoms with van der Waals surface area (Å²) in [6, 6.07) is 4.59. The molecule has 0 heterocycles. The summed E-state index contributed by atoms with van der Waals surface area (Å²) in [5, 5.41) is 18.0. The third kappa shape index (κ3) is 1.80. The van der Waals surface area contributed by atoms with E-state index in [1.807, 2.05) is 0 Å². The minimum Gasteiger partial charge on any atom is -0.327 e. The molecular weight excluding hydrogens is 200 g/mol. The molecule has 6 unspecified atom stereocenters. The number of rotatable bonds is 0. The van der Waals surface area contributed by atoms with E-state index < -0.39 is 0 Å². The molecule has 4 N–H and O–H groups in total. The van der Waals surface area contributed by atoms with Gasteiger partial charge in [0.2, 0.25) is 0 Å². The molecule has 0 spiro atoms. The van der Waals surface area contributed by atoms with Crippen LogP contribution in [0.1, 0.15) is 25.7 Å². The highest BCUT2D eigenvalue weighted by Crippen LogP contribution is 2.43. The normalized spacial score (nSPS) is 47.5. The van der Waals surface area contributed by atoms with Gasteiger partial charge in [0.1, 0.15) is 0 Å². The summed E-state index contributed by atoms with van der Waals surface area (Å²) < 4.78 is 0. The molecule has 2 rings (SSSR count). The zero-order valence-electron chi connectivity index (χ0n) is 9.34. The summed E-state index contributed by atoms with van der Waals surface area (Å²) in [5.41, 5.74) is 12.3. The molecule has 0 saturated heterocycles. The predicted molar refractivity (Wildman–Crippen MR) is 59.6 cm³/mol. The second kappa shape index (κ2) is 4.41. The van der Waals surface area contributed by atoms with Gasteiger partial charge >= 0.3 is 0 Å². The van der Waals surface area contributed by atoms with Crippen molar-refractivity contribution in [2.75, 3.05) is 0 Å². The van der Waals surface area contributed by atoms with Gasteiger partial charge in [-0.15, -0.1) is 0 Å². The number of nitrogens with zero attached hydrogens (tertiary/aromatic N) is 2. The number of fused-ring (bicyclic) bond motifs is 1. The molecule has 2 aliphatic carbocycles. The van der Waals surface area contributed by atoms with E-state index in [0.29, 0.717) is 5.92 Å². The van der Waals surface area contributed by atoms with Crippen LogP contribution in [0, 0.1) is 46.3 Å². The van der Waals surface area contributed by atoms with E-state index in [1.54, 1.807) is 0 Å². The average Bonchev–Trinajstić information content (AvgIpc) is 2.30. The van der Waals surface area contributed by atoms with E-state index in [9.17, 15) is 0 Å². The molecule has 0 aromatic carbocycles. The van der Waals surface area contributed by atoms with Crippen molar-refractivity contribution in [3.63, 3.8) is 0 Å². The first-order valence-corrected chi connectivity index (χ1v) is 5.97. The van der Waals surface area contributed by atoms with Gasteiger partial charge in [0.05, 0.1) is 18.1 Å². The summed E-state index contributed by atoms with van der Waals surface area (Å²) in [6.45, 7) is 0. The van der Waals surface area contributed by atoms with Gasteiger partial charge in [-0.1, -0.05) is 0 Å². The van der Waals surface area contributed by atoms with Crippen molar-refractivity contribution in [3.05, 3.63) is 0 Å². The fourth-order valence-electron chi connectivity index (χ4n) is 3.41. The number of nitriles is 2. The summed E-state index contributed by atoms with van der Waals surface area (Å²) >= 11 is 0. The second-order valence-corrected chi connectivity index (χ2v) is 5.18. The molecule has 6 atom stereocenters. The summed E-state index contributed by atoms with van der Waals surface area (Å²) in [4.78, 5) is 0. The molecule has 0 aromatic heterocycles. The highest BCUT2D eigenvalue weighted by atomic mass is 14.8. The van der Waals surface area contributed by atoms with Gasteiger partial charge < -0.3 is 11.5 Å². The Labute approximate surface area is 96.2 Å². The maximum absolute atomic E-state index is 9.01. The lowest BCUT2D eigenvalue weighted by atomic mass is 9.61. The van der Waals surface area contributed by atoms with Crippen LogP contribution in [0.5, 0.6) is 0 Å². The van der Waals surface area contributed by atoms with Crippen molar-refractivity contribution >= 4 is 0 Å². The van der Waals surface area contributed by atoms with Gasteiger partial charge in [-0.25, -0.2) is 0 Å². The Bertz CT molecular complexity index is 340. The Kier molecular flexibility index (Phi) is 3.14. The van der Waals surface area contributed by atoms with E-state index >= 15 is 0 Å². The zero-order chi connectivity index (χ0) is 11.7. The van der Waals surface area contributed by atoms with Crippen LogP contribution in [0.25, 0.3) is 0 Å². The molecule has 16 heavy (non-hydrogen) atoms. The Morgan fingerprint density at radius 3 is 2.31 bits per heavy atom. The third-order valence-electron chi connectivity index (χ3n) is 4.33. The Hall–Kier alpha value is -1.10. The highest BCUT2D eigenvalue weighted by molar-refractivity contribution is 5.06. The third-order valence-corrected chi connectivity index (χ3v) is 4.33. The smallest absolute Gasteiger partial charge is 0.0672 e. The van der Waals surface area contributed by atoms with E-state index in [0.717, 1.165) is 25.7 Å². The quantitative estimate of drug-likeness (QED) is 0.626. The highest BCUT2D eigenvalue weighted by Gasteiger charge is 2.44. The summed E-state index contributed by atoms with van der Waals surface area (Å²) in [5.74, 6) is 0.668. The first-order valence-electron chi connectivity index (χ1n) is 5.97. The monoisotopic (exact) mass is 218 g/mol. The van der Waals surface area contributed by atoms with E-state index in [-0.39, 0.29) is 29.8 Å². The Morgan fingerprint density at radius 2 is 1.69 bits per heavy atom. The lowest BCUT2D eigenvalue weighted by Gasteiger charge is -2.46. The minimum absolute atomic E-state index is 0.0275. The number of hydrogen-bond acceptors (Lipinski definition) is 4. The second-order valence-electron chi connectivity index (χ2n) is 5.18. The standard InChI is InChI=1S/C12H18N4/c13-5-7-3-10-9(11(15)4-7)2-1-8(6-14)12(10)16/h7-12H,1-4,15-16H2. The van der Waals surface area contributed by atoms with Crippen molar-refractivity contribution in [2.45, 2.75) is 37.8 Å². The van der Waals surface area contributed by atoms with Crippen molar-refractivity contribution in [1.82, 2.24) is 0 Å². The van der Waals surface area contributed by atoms with Gasteiger partial charge in [-0.2, -0.15) is 10.5 Å². The first-order chi connectivity index (χ1) is 7.67. The van der Waals surface area contributed by atoms with Gasteiger partial charge in [0.15, 0.2) is 0 Å². The van der Waals surface area contributed by atoms with Crippen LogP contribution in [0.4, 0.5) is 0 Å². The number of hydrogen-bond donors (Lipinski definition) is 2. The van der Waals surface area contributed by atoms with E-state index in [1.165, 1.54) is 0 Å². The van der Waals surface area contributed by atoms with Crippen LogP contribution in [0.3, 0.4) is 0 Å². The molecule has 0 aliphatic heterocycles. The molecule has 4 nitrogen and oxygen atoms in total. The molecule has 2 aliphatic rings. The molecule has 0 aromatic rings. The SMILES string of the molecule is N#CC1CC(N)C2CCC(C#N)C(N)C2C1. The van der Waals surface area contributed by atoms with Crippen LogP contribution in [-0.4, -0.2) is 12.1 Å². The van der Waals surface area contributed by atoms with E-state index in [4.69, 9.17) is 22.0 Å². The molecule has 0 radical (unpaired) electrons. The van der Waals surface area contributed by atoms with Crippen LogP contribution < -0.4 is 11.5 Å². The lowest BCUT2D eigenvalue weighted by molar-refractivity contribution is 0.0867. The lowest BCUT2D eigenvalue weighted by Crippen LogP contribution is -2.53. The molecule has 0 amide bonds. The maximum atomic E-state index is 9.01. The zero-order valence-corrected chi connectivity index (χ0v) is 9.34. The maximum Gasteiger partial charge on any atom is 0.0672 e. The predicted octanol–water partition coefficient (Wildman–Crippen LogP) is 0.741. The average molecular weight is 218 g/mol. The minimum atomic E-state index is -0.0917. The van der Waals surface area contributed by atoms with Crippen LogP contribution >= 0.6 is 0 Å². The molecule has 2 saturated carbocycles. The topological polar surface area (TPSA) is 99.6 Å². The van der Waals surface area contributed by atoms with E-state index in [2.05, 4.69) is 12.1 Å². The van der Waals surface area contributed by atoms with Crippen LogP contribution in [0.2, 0.25) is 0 Å². The van der Waals surface area contributed by atoms with Crippen molar-refractivity contribution in [1.29, 1.82) is 10.5 Å². The summed E-state index contributed by atoms with van der Waals surface area (Å²) in [6.07, 6.45) is 3.48. The summed E-state index contributed by atoms with van der Waals surface area (Å²) in [7, 11) is 0. The van der Waals surface area contributed by atoms with Crippen molar-refractivity contribution in [2.24, 2.45) is 35.1 Å². The van der Waals surface area contributed by atoms with Crippen LogP contribution in [0.15, 0.2) is 0 Å². The fraction of sp³-hybridized carbons (Fsp3) is 0.833. The Balaban J connectivity index is 2.15. The molecule has 86 valence electrons. The molecular formula is C12H18N4. The van der Waals surface area contributed by atoms with Crippen LogP contribution in [-0.2, 0) is 0 Å². The first kappa shape index (κ1) is 11.4. The van der Waals surface area contributed by atoms with Gasteiger partial charge in [0, 0.05) is 18.0 Å². The van der Waals surface area contributed by atoms with Gasteiger partial charge in [-0.3, -0.25) is 0 Å². The van der Waals surface area contributed by atoms with Crippen molar-refractivity contribution in [3.8, 4) is 12.1 Å². The van der Waals surface area contributed by atoms with Gasteiger partial charge in [0.25, 0.3) is 0 Å². The number of nitrogens with two attached hydrogens (primary N) is 2.